The highest BCUT2D eigenvalue weighted by Crippen LogP contribution is 2.40. The van der Waals surface area contributed by atoms with Crippen molar-refractivity contribution in [3.8, 4) is 22.5 Å². The Bertz CT molecular complexity index is 942. The molecule has 3 aromatic rings. The van der Waals surface area contributed by atoms with E-state index in [9.17, 15) is 0 Å². The fourth-order valence-corrected chi connectivity index (χ4v) is 4.99. The zero-order valence-corrected chi connectivity index (χ0v) is 17.1. The minimum atomic E-state index is 0.824. The number of nitrogens with one attached hydrogen (secondary N) is 1. The van der Waals surface area contributed by atoms with Gasteiger partial charge in [0, 0.05) is 74.9 Å². The van der Waals surface area contributed by atoms with Crippen LogP contribution < -0.4 is 0 Å². The third-order valence-corrected chi connectivity index (χ3v) is 6.64. The molecule has 0 amide bonds. The van der Waals surface area contributed by atoms with Crippen molar-refractivity contribution in [1.82, 2.24) is 20.0 Å². The third kappa shape index (κ3) is 3.42. The Morgan fingerprint density at radius 2 is 2.00 bits per heavy atom. The Morgan fingerprint density at radius 3 is 2.79 bits per heavy atom. The van der Waals surface area contributed by atoms with E-state index in [2.05, 4.69) is 55.0 Å². The smallest absolute Gasteiger partial charge is 0.0970 e. The Morgan fingerprint density at radius 1 is 1.14 bits per heavy atom. The highest BCUT2D eigenvalue weighted by molar-refractivity contribution is 7.08. The average molecular weight is 395 g/mol. The van der Waals surface area contributed by atoms with E-state index in [0.717, 1.165) is 58.0 Å². The van der Waals surface area contributed by atoms with Crippen molar-refractivity contribution in [2.75, 3.05) is 46.4 Å². The summed E-state index contributed by atoms with van der Waals surface area (Å²) < 4.78 is 5.20. The summed E-state index contributed by atoms with van der Waals surface area (Å²) in [7, 11) is 1.78. The van der Waals surface area contributed by atoms with Gasteiger partial charge < -0.3 is 4.74 Å². The predicted octanol–water partition coefficient (Wildman–Crippen LogP) is 3.47. The molecule has 3 heterocycles. The van der Waals surface area contributed by atoms with Gasteiger partial charge in [0.15, 0.2) is 0 Å². The molecule has 5 rings (SSSR count). The highest BCUT2D eigenvalue weighted by Gasteiger charge is 2.26. The number of H-pyrrole nitrogens is 1. The first-order chi connectivity index (χ1) is 13.8. The molecule has 0 bridgehead atoms. The average Bonchev–Trinajstić information content (AvgIpc) is 3.44. The van der Waals surface area contributed by atoms with Crippen molar-refractivity contribution in [2.24, 2.45) is 0 Å². The molecule has 2 aliphatic rings. The van der Waals surface area contributed by atoms with Crippen LogP contribution in [-0.4, -0.2) is 66.4 Å². The van der Waals surface area contributed by atoms with Gasteiger partial charge in [0.05, 0.1) is 18.0 Å². The number of aromatic nitrogens is 2. The number of nitrogens with zero attached hydrogens (tertiary/aromatic N) is 3. The number of hydrogen-bond donors (Lipinski definition) is 1. The summed E-state index contributed by atoms with van der Waals surface area (Å²) in [6.45, 7) is 7.39. The first-order valence-electron chi connectivity index (χ1n) is 9.97. The van der Waals surface area contributed by atoms with Gasteiger partial charge in [-0.2, -0.15) is 16.4 Å². The molecule has 5 nitrogen and oxygen atoms in total. The maximum Gasteiger partial charge on any atom is 0.0970 e. The number of ether oxygens (including phenoxy) is 1. The van der Waals surface area contributed by atoms with Gasteiger partial charge in [-0.1, -0.05) is 12.1 Å². The van der Waals surface area contributed by atoms with E-state index in [4.69, 9.17) is 4.74 Å². The summed E-state index contributed by atoms with van der Waals surface area (Å²) in [5.74, 6) is 0. The van der Waals surface area contributed by atoms with Gasteiger partial charge in [0.25, 0.3) is 0 Å². The second-order valence-electron chi connectivity index (χ2n) is 7.72. The standard InChI is InChI=1S/C22H26N4OS/c1-27-10-9-25-5-7-26(8-6-25)14-16-2-3-17-13-20-21(18-4-11-28-15-18)23-24-22(20)19(17)12-16/h2-4,11-12,15H,5-10,13-14H2,1H3,(H,23,24). The van der Waals surface area contributed by atoms with Gasteiger partial charge in [0.1, 0.15) is 0 Å². The van der Waals surface area contributed by atoms with Crippen molar-refractivity contribution >= 4 is 11.3 Å². The number of aromatic amines is 1. The number of rotatable bonds is 6. The summed E-state index contributed by atoms with van der Waals surface area (Å²) in [4.78, 5) is 5.05. The van der Waals surface area contributed by atoms with E-state index < -0.39 is 0 Å². The normalized spacial score (nSPS) is 17.0. The number of hydrogen-bond acceptors (Lipinski definition) is 5. The van der Waals surface area contributed by atoms with Crippen LogP contribution in [0.2, 0.25) is 0 Å². The second kappa shape index (κ2) is 7.79. The van der Waals surface area contributed by atoms with E-state index in [-0.39, 0.29) is 0 Å². The number of thiophene rings is 1. The highest BCUT2D eigenvalue weighted by atomic mass is 32.1. The monoisotopic (exact) mass is 394 g/mol. The van der Waals surface area contributed by atoms with Crippen LogP contribution in [0.4, 0.5) is 0 Å². The molecule has 1 fully saturated rings. The van der Waals surface area contributed by atoms with E-state index in [1.54, 1.807) is 18.4 Å². The van der Waals surface area contributed by atoms with Gasteiger partial charge in [0.2, 0.25) is 0 Å². The summed E-state index contributed by atoms with van der Waals surface area (Å²) in [6.07, 6.45) is 0.977. The number of piperazine rings is 1. The van der Waals surface area contributed by atoms with E-state index in [0.29, 0.717) is 0 Å². The molecule has 146 valence electrons. The minimum Gasteiger partial charge on any atom is -0.383 e. The van der Waals surface area contributed by atoms with E-state index in [1.807, 2.05) is 0 Å². The van der Waals surface area contributed by atoms with Gasteiger partial charge in [-0.25, -0.2) is 0 Å². The van der Waals surface area contributed by atoms with Gasteiger partial charge in [-0.15, -0.1) is 0 Å². The molecule has 1 N–H and O–H groups in total. The van der Waals surface area contributed by atoms with Crippen molar-refractivity contribution < 1.29 is 4.74 Å². The topological polar surface area (TPSA) is 44.4 Å². The Kier molecular flexibility index (Phi) is 5.03. The van der Waals surface area contributed by atoms with Gasteiger partial charge in [-0.05, 0) is 28.6 Å². The summed E-state index contributed by atoms with van der Waals surface area (Å²) in [5.41, 5.74) is 9.03. The van der Waals surface area contributed by atoms with Gasteiger partial charge >= 0.3 is 0 Å². The second-order valence-corrected chi connectivity index (χ2v) is 8.50. The Labute approximate surface area is 169 Å². The molecule has 0 atom stereocenters. The fraction of sp³-hybridized carbons (Fsp3) is 0.409. The number of fused-ring (bicyclic) bond motifs is 3. The van der Waals surface area contributed by atoms with Gasteiger partial charge in [-0.3, -0.25) is 14.9 Å². The van der Waals surface area contributed by atoms with Crippen LogP contribution in [0.1, 0.15) is 16.7 Å². The molecular weight excluding hydrogens is 368 g/mol. The van der Waals surface area contributed by atoms with Crippen LogP contribution in [0, 0.1) is 0 Å². The maximum absolute atomic E-state index is 5.20. The van der Waals surface area contributed by atoms with Crippen LogP contribution in [0.25, 0.3) is 22.5 Å². The molecule has 0 saturated carbocycles. The van der Waals surface area contributed by atoms with Crippen LogP contribution in [0.15, 0.2) is 35.0 Å². The lowest BCUT2D eigenvalue weighted by Crippen LogP contribution is -2.46. The largest absolute Gasteiger partial charge is 0.383 e. The first kappa shape index (κ1) is 18.1. The molecule has 28 heavy (non-hydrogen) atoms. The Hall–Kier alpha value is -1.99. The molecule has 0 unspecified atom stereocenters. The minimum absolute atomic E-state index is 0.824. The summed E-state index contributed by atoms with van der Waals surface area (Å²) >= 11 is 1.72. The molecule has 2 aromatic heterocycles. The van der Waals surface area contributed by atoms with E-state index in [1.165, 1.54) is 33.5 Å². The molecule has 1 saturated heterocycles. The van der Waals surface area contributed by atoms with Crippen LogP contribution >= 0.6 is 11.3 Å². The maximum atomic E-state index is 5.20. The number of benzene rings is 1. The molecule has 6 heteroatoms. The molecule has 1 aliphatic carbocycles. The fourth-order valence-electron chi connectivity index (χ4n) is 4.35. The summed E-state index contributed by atoms with van der Waals surface area (Å²) in [5, 5.41) is 12.2. The number of methoxy groups -OCH3 is 1. The molecular formula is C22H26N4OS. The lowest BCUT2D eigenvalue weighted by Gasteiger charge is -2.34. The first-order valence-corrected chi connectivity index (χ1v) is 10.9. The van der Waals surface area contributed by atoms with Crippen molar-refractivity contribution in [2.45, 2.75) is 13.0 Å². The molecule has 1 aromatic carbocycles. The quantitative estimate of drug-likeness (QED) is 0.544. The van der Waals surface area contributed by atoms with Crippen molar-refractivity contribution in [3.63, 3.8) is 0 Å². The molecule has 0 spiro atoms. The summed E-state index contributed by atoms with van der Waals surface area (Å²) in [6, 6.07) is 9.14. The lowest BCUT2D eigenvalue weighted by molar-refractivity contribution is 0.0938. The predicted molar refractivity (Wildman–Crippen MR) is 114 cm³/mol. The third-order valence-electron chi connectivity index (χ3n) is 5.96. The molecule has 1 aliphatic heterocycles. The zero-order valence-electron chi connectivity index (χ0n) is 16.3. The zero-order chi connectivity index (χ0) is 18.9. The van der Waals surface area contributed by atoms with Crippen LogP contribution in [0.5, 0.6) is 0 Å². The SMILES string of the molecule is COCCN1CCN(Cc2ccc3c(c2)-c2[nH]nc(-c4ccsc4)c2C3)CC1. The van der Waals surface area contributed by atoms with Crippen LogP contribution in [0.3, 0.4) is 0 Å². The Balaban J connectivity index is 1.29. The van der Waals surface area contributed by atoms with Crippen molar-refractivity contribution in [1.29, 1.82) is 0 Å². The van der Waals surface area contributed by atoms with E-state index >= 15 is 0 Å². The molecule has 0 radical (unpaired) electrons. The van der Waals surface area contributed by atoms with Crippen LogP contribution in [-0.2, 0) is 17.7 Å². The lowest BCUT2D eigenvalue weighted by atomic mass is 10.0. The van der Waals surface area contributed by atoms with Crippen molar-refractivity contribution in [3.05, 3.63) is 51.7 Å².